The lowest BCUT2D eigenvalue weighted by molar-refractivity contribution is -0.126. The number of aromatic nitrogens is 2. The number of amides is 4. The fourth-order valence-electron chi connectivity index (χ4n) is 9.31. The smallest absolute Gasteiger partial charge is 0.469 e. The minimum absolute atomic E-state index is 0.0203. The number of azide groups is 1. The molecule has 95 heavy (non-hydrogen) atoms. The van der Waals surface area contributed by atoms with Crippen LogP contribution in [0.5, 0.6) is 5.75 Å². The van der Waals surface area contributed by atoms with Crippen LogP contribution in [0.1, 0.15) is 72.5 Å². The summed E-state index contributed by atoms with van der Waals surface area (Å²) in [5, 5.41) is 19.0. The molecule has 3 aliphatic rings. The quantitative estimate of drug-likeness (QED) is 0.00246. The zero-order valence-electron chi connectivity index (χ0n) is 51.2. The van der Waals surface area contributed by atoms with Gasteiger partial charge in [-0.05, 0) is 66.0 Å². The van der Waals surface area contributed by atoms with Crippen LogP contribution >= 0.6 is 29.4 Å². The second-order valence-corrected chi connectivity index (χ2v) is 28.6. The summed E-state index contributed by atoms with van der Waals surface area (Å²) in [6, 6.07) is 16.9. The van der Waals surface area contributed by atoms with Crippen molar-refractivity contribution in [3.8, 4) is 40.0 Å². The number of carbonyl (C=O) groups excluding carboxylic acids is 4. The van der Waals surface area contributed by atoms with Crippen molar-refractivity contribution in [3.63, 3.8) is 0 Å². The maximum absolute atomic E-state index is 14.1. The summed E-state index contributed by atoms with van der Waals surface area (Å²) in [5.41, 5.74) is 19.7. The van der Waals surface area contributed by atoms with Gasteiger partial charge in [-0.3, -0.25) is 42.8 Å². The molecule has 4 aromatic rings. The molecule has 7 rings (SSSR count). The molecule has 12 N–H and O–H groups in total. The lowest BCUT2D eigenvalue weighted by Gasteiger charge is -2.22. The van der Waals surface area contributed by atoms with Gasteiger partial charge in [-0.15, -0.1) is 0 Å². The van der Waals surface area contributed by atoms with Gasteiger partial charge in [0, 0.05) is 83.0 Å². The molecular formula is C57H67N12O21PS4. The van der Waals surface area contributed by atoms with Gasteiger partial charge in [0.1, 0.15) is 43.1 Å². The predicted molar refractivity (Wildman–Crippen MR) is 345 cm³/mol. The summed E-state index contributed by atoms with van der Waals surface area (Å²) in [5.74, 6) is 3.01. The number of nitrogens with one attached hydrogen (secondary N) is 4. The van der Waals surface area contributed by atoms with Gasteiger partial charge in [-0.25, -0.2) is 9.36 Å². The lowest BCUT2D eigenvalue weighted by atomic mass is 9.90. The molecule has 0 spiro atoms. The molecule has 0 saturated carbocycles. The molecule has 3 aromatic carbocycles. The van der Waals surface area contributed by atoms with E-state index in [1.807, 2.05) is 20.8 Å². The molecule has 1 aliphatic carbocycles. The van der Waals surface area contributed by atoms with E-state index < -0.39 is 127 Å². The molecule has 0 bridgehead atoms. The van der Waals surface area contributed by atoms with E-state index in [4.69, 9.17) is 50.5 Å². The number of hydrogen-bond acceptors (Lipinski definition) is 24. The average molecular weight is 1420 g/mol. The first-order valence-corrected chi connectivity index (χ1v) is 35.2. The van der Waals surface area contributed by atoms with Crippen LogP contribution < -0.4 is 43.2 Å². The molecule has 1 aromatic heterocycles. The summed E-state index contributed by atoms with van der Waals surface area (Å²) in [6.45, 7) is 4.58. The van der Waals surface area contributed by atoms with Gasteiger partial charge in [-0.1, -0.05) is 83.6 Å². The van der Waals surface area contributed by atoms with Gasteiger partial charge in [0.05, 0.1) is 49.1 Å². The second kappa shape index (κ2) is 33.0. The van der Waals surface area contributed by atoms with Crippen molar-refractivity contribution in [1.29, 1.82) is 5.41 Å². The number of carbonyl (C=O) groups is 4. The van der Waals surface area contributed by atoms with E-state index >= 15 is 0 Å². The number of nitrogen functional groups attached to an aromatic ring is 2. The number of phosphoric acid groups is 1. The molecule has 2 unspecified atom stereocenters. The molecule has 0 radical (unpaired) electrons. The van der Waals surface area contributed by atoms with E-state index in [2.05, 4.69) is 47.3 Å². The van der Waals surface area contributed by atoms with Crippen LogP contribution in [0.25, 0.3) is 43.9 Å². The van der Waals surface area contributed by atoms with E-state index in [9.17, 15) is 64.3 Å². The molecule has 1 saturated heterocycles. The first-order chi connectivity index (χ1) is 44.8. The van der Waals surface area contributed by atoms with Crippen LogP contribution in [0.2, 0.25) is 0 Å². The highest BCUT2D eigenvalue weighted by atomic mass is 33.1. The van der Waals surface area contributed by atoms with Crippen molar-refractivity contribution < 1.29 is 92.1 Å². The number of anilines is 2. The Morgan fingerprint density at radius 1 is 0.979 bits per heavy atom. The predicted octanol–water partition coefficient (Wildman–Crippen LogP) is 4.43. The number of phosphoric ester groups is 1. The third-order valence-corrected chi connectivity index (χ3v) is 18.8. The van der Waals surface area contributed by atoms with Crippen LogP contribution in [0.4, 0.5) is 11.5 Å². The van der Waals surface area contributed by atoms with Gasteiger partial charge >= 0.3 is 13.5 Å². The Balaban J connectivity index is 0.817. The molecule has 3 heterocycles. The Hall–Kier alpha value is -8.15. The number of fused-ring (bicyclic) bond motifs is 2. The Kier molecular flexibility index (Phi) is 25.8. The van der Waals surface area contributed by atoms with Crippen molar-refractivity contribution in [1.82, 2.24) is 30.4 Å². The highest BCUT2D eigenvalue weighted by molar-refractivity contribution is 8.77. The minimum atomic E-state index is -5.19. The van der Waals surface area contributed by atoms with E-state index in [-0.39, 0.29) is 126 Å². The number of ether oxygens (including phenoxy) is 5. The van der Waals surface area contributed by atoms with Crippen molar-refractivity contribution in [2.75, 3.05) is 83.7 Å². The van der Waals surface area contributed by atoms with Crippen LogP contribution in [-0.2, 0) is 57.9 Å². The Morgan fingerprint density at radius 3 is 2.43 bits per heavy atom. The minimum Gasteiger partial charge on any atom is -0.491 e. The molecule has 2 aliphatic heterocycles. The average Bonchev–Trinajstić information content (AvgIpc) is 1.18. The van der Waals surface area contributed by atoms with Crippen LogP contribution in [0.15, 0.2) is 103 Å². The Labute approximate surface area is 550 Å². The normalized spacial score (nSPS) is 15.3. The van der Waals surface area contributed by atoms with Crippen molar-refractivity contribution in [2.24, 2.45) is 5.11 Å². The van der Waals surface area contributed by atoms with Gasteiger partial charge in [0.2, 0.25) is 11.8 Å². The van der Waals surface area contributed by atoms with Crippen molar-refractivity contribution in [3.05, 3.63) is 122 Å². The zero-order valence-corrected chi connectivity index (χ0v) is 55.3. The van der Waals surface area contributed by atoms with Crippen LogP contribution in [0, 0.1) is 17.3 Å². The number of nitrogens with two attached hydrogens (primary N) is 2. The summed E-state index contributed by atoms with van der Waals surface area (Å²) < 4.78 is 122. The Bertz CT molecular complexity index is 4320. The molecule has 33 nitrogen and oxygen atoms in total. The molecular weight excluding hydrogens is 1350 g/mol. The third-order valence-electron chi connectivity index (χ3n) is 13.5. The standard InChI is InChI=1S/C57H67N12O21PS4/c1-57(2,3)93-92-32-87-42-27-47(89-43(42)29-88-91(75,76)77)69-28-34(53(60)65-56(69)74)11-8-20-62-45(71)30-84-24-25-85-46(66-67-61)31-86-35-12-7-10-33(26-35)54(72)64-22-21-63-44(70)15-9-23-68(4)55(73)37-14-6-5-13-36(37)48-38-16-18-40(58)51(94(78,79)80)49(38)90-50-39(48)17-19-41(59)52(50)95(81,82)83/h5-7,10,12-14,16-19,26,28,42-43,46-47,58H,9,15,20-25,27,29-32,59H2,1-4H3,(H,62,71)(H,63,70)(H,64,72)(H2,60,65,74)(H2,75,76,77)(H,78,79,80)(H,81,82,83)/t42?,43-,46?,47-/m1/s1. The van der Waals surface area contributed by atoms with Gasteiger partial charge < -0.3 is 70.2 Å². The number of nitrogens with zero attached hydrogens (tertiary/aromatic N) is 6. The number of benzene rings is 4. The summed E-state index contributed by atoms with van der Waals surface area (Å²) in [7, 11) is -10.7. The van der Waals surface area contributed by atoms with Gasteiger partial charge in [0.25, 0.3) is 32.1 Å². The summed E-state index contributed by atoms with van der Waals surface area (Å²) in [4.78, 5) is 90.0. The molecule has 4 amide bonds. The topological polar surface area (TPSA) is 502 Å². The van der Waals surface area contributed by atoms with Crippen LogP contribution in [0.3, 0.4) is 0 Å². The number of hydrogen-bond donors (Lipinski definition) is 10. The Morgan fingerprint density at radius 2 is 1.72 bits per heavy atom. The monoisotopic (exact) mass is 1410 g/mol. The maximum Gasteiger partial charge on any atom is 0.469 e. The van der Waals surface area contributed by atoms with E-state index in [0.717, 1.165) is 16.7 Å². The first kappa shape index (κ1) is 74.2. The fourth-order valence-corrected chi connectivity index (χ4v) is 13.1. The highest BCUT2D eigenvalue weighted by Crippen LogP contribution is 2.46. The molecule has 4 atom stereocenters. The van der Waals surface area contributed by atoms with Gasteiger partial charge in [-0.2, -0.15) is 21.8 Å². The maximum atomic E-state index is 14.1. The third kappa shape index (κ3) is 21.2. The van der Waals surface area contributed by atoms with E-state index in [1.54, 1.807) is 35.1 Å². The molecule has 1 fully saturated rings. The SMILES string of the molecule is CN(CCCC(=O)NCCNC(=O)c1cccc(OCC(N=[N+]=[N-])OCCOCC(=O)NCC#Cc2cn([C@H]3CC(OCSSC(C)(C)C)[C@@H](COP(=O)(O)O)O3)c(=O)nc2N)c1)C(=O)c1ccccc1-c1c2ccc(=N)c(S(=O)(=O)O)c-2oc2c(S(=O)(=O)O)c(N)ccc12. The van der Waals surface area contributed by atoms with Crippen molar-refractivity contribution >= 4 is 95.7 Å². The highest BCUT2D eigenvalue weighted by Gasteiger charge is 2.40. The lowest BCUT2D eigenvalue weighted by Crippen LogP contribution is -2.35. The zero-order chi connectivity index (χ0) is 69.4. The largest absolute Gasteiger partial charge is 0.491 e. The molecule has 38 heteroatoms. The number of rotatable bonds is 31. The molecule has 510 valence electrons. The van der Waals surface area contributed by atoms with E-state index in [1.165, 1.54) is 65.3 Å². The van der Waals surface area contributed by atoms with Gasteiger partial charge in [0.15, 0.2) is 27.4 Å². The summed E-state index contributed by atoms with van der Waals surface area (Å²) in [6.07, 6.45) is -2.23. The first-order valence-electron chi connectivity index (χ1n) is 28.4. The summed E-state index contributed by atoms with van der Waals surface area (Å²) >= 11 is 0. The van der Waals surface area contributed by atoms with Crippen molar-refractivity contribution in [2.45, 2.75) is 79.2 Å². The fraction of sp³-hybridized carbons (Fsp3) is 0.386. The van der Waals surface area contributed by atoms with E-state index in [0.29, 0.717) is 0 Å². The van der Waals surface area contributed by atoms with Crippen LogP contribution in [-0.4, -0.2) is 169 Å². The second-order valence-electron chi connectivity index (χ2n) is 21.6.